The lowest BCUT2D eigenvalue weighted by molar-refractivity contribution is 0.592. The summed E-state index contributed by atoms with van der Waals surface area (Å²) < 4.78 is 13.1. The predicted octanol–water partition coefficient (Wildman–Crippen LogP) is 1.98. The Bertz CT molecular complexity index is 332. The average Bonchev–Trinajstić information content (AvgIpc) is 2.57. The first-order valence-corrected chi connectivity index (χ1v) is 3.67. The maximum atomic E-state index is 13.1. The Morgan fingerprint density at radius 2 is 1.75 bits per heavy atom. The third-order valence-corrected chi connectivity index (χ3v) is 1.70. The summed E-state index contributed by atoms with van der Waals surface area (Å²) in [6.07, 6.45) is 2.79. The number of halogens is 1. The van der Waals surface area contributed by atoms with Crippen LogP contribution in [0.5, 0.6) is 0 Å². The van der Waals surface area contributed by atoms with Gasteiger partial charge >= 0.3 is 0 Å². The van der Waals surface area contributed by atoms with Crippen LogP contribution in [-0.2, 0) is 0 Å². The zero-order valence-electron chi connectivity index (χ0n) is 6.31. The van der Waals surface area contributed by atoms with E-state index in [-0.39, 0.29) is 12.0 Å². The fraction of sp³-hybridized carbons (Fsp3) is 0.111. The van der Waals surface area contributed by atoms with Crippen molar-refractivity contribution in [1.82, 2.24) is 0 Å². The van der Waals surface area contributed by atoms with Crippen LogP contribution in [-0.4, -0.2) is 12.4 Å². The first-order chi connectivity index (χ1) is 5.88. The molecule has 60 valence electrons. The first-order valence-electron chi connectivity index (χ1n) is 3.67. The van der Waals surface area contributed by atoms with Crippen molar-refractivity contribution in [3.63, 3.8) is 0 Å². The summed E-state index contributed by atoms with van der Waals surface area (Å²) in [6, 6.07) is 6.54. The predicted molar refractivity (Wildman–Crippen MR) is 46.1 cm³/mol. The minimum absolute atomic E-state index is 0.251. The summed E-state index contributed by atoms with van der Waals surface area (Å²) in [4.78, 5) is 7.96. The van der Waals surface area contributed by atoms with Gasteiger partial charge in [0.15, 0.2) is 6.17 Å². The molecule has 2 nitrogen and oxygen atoms in total. The number of nitrogens with zero attached hydrogens (tertiary/aromatic N) is 2. The van der Waals surface area contributed by atoms with Gasteiger partial charge in [0.25, 0.3) is 0 Å². The Morgan fingerprint density at radius 3 is 2.42 bits per heavy atom. The molecule has 0 fully saturated rings. The highest BCUT2D eigenvalue weighted by Gasteiger charge is 2.12. The molecule has 0 aromatic heterocycles. The molecule has 1 aliphatic rings. The van der Waals surface area contributed by atoms with Crippen LogP contribution in [0.25, 0.3) is 0 Å². The van der Waals surface area contributed by atoms with E-state index in [2.05, 4.69) is 9.98 Å². The molecule has 0 spiro atoms. The minimum atomic E-state index is -0.369. The molecule has 2 rings (SSSR count). The van der Waals surface area contributed by atoms with Crippen molar-refractivity contribution >= 4 is 12.4 Å². The first kappa shape index (κ1) is 7.16. The second kappa shape index (κ2) is 2.85. The molecule has 0 aliphatic carbocycles. The zero-order valence-corrected chi connectivity index (χ0v) is 6.31. The van der Waals surface area contributed by atoms with E-state index >= 15 is 0 Å². The van der Waals surface area contributed by atoms with Gasteiger partial charge in [-0.2, -0.15) is 0 Å². The molecule has 0 amide bonds. The number of aliphatic imine (C=N–C) groups is 2. The number of benzene rings is 1. The summed E-state index contributed by atoms with van der Waals surface area (Å²) in [6.45, 7) is 0. The van der Waals surface area contributed by atoms with Crippen LogP contribution in [0.2, 0.25) is 0 Å². The van der Waals surface area contributed by atoms with Gasteiger partial charge in [-0.1, -0.05) is 18.2 Å². The fourth-order valence-electron chi connectivity index (χ4n) is 1.12. The van der Waals surface area contributed by atoms with Gasteiger partial charge in [-0.15, -0.1) is 0 Å². The normalized spacial score (nSPS) is 15.8. The van der Waals surface area contributed by atoms with E-state index in [9.17, 15) is 4.39 Å². The van der Waals surface area contributed by atoms with E-state index in [0.717, 1.165) is 0 Å². The van der Waals surface area contributed by atoms with Crippen LogP contribution >= 0.6 is 0 Å². The summed E-state index contributed by atoms with van der Waals surface area (Å²) in [5.74, 6) is -0.251. The monoisotopic (exact) mass is 162 g/mol. The Labute approximate surface area is 69.5 Å². The van der Waals surface area contributed by atoms with Crippen molar-refractivity contribution in [2.45, 2.75) is 6.17 Å². The van der Waals surface area contributed by atoms with Gasteiger partial charge in [-0.25, -0.2) is 4.39 Å². The molecule has 12 heavy (non-hydrogen) atoms. The van der Waals surface area contributed by atoms with Crippen LogP contribution < -0.4 is 0 Å². The topological polar surface area (TPSA) is 24.7 Å². The van der Waals surface area contributed by atoms with Crippen molar-refractivity contribution in [3.8, 4) is 0 Å². The molecule has 0 saturated heterocycles. The van der Waals surface area contributed by atoms with Gasteiger partial charge in [0.05, 0.1) is 0 Å². The summed E-state index contributed by atoms with van der Waals surface area (Å²) in [7, 11) is 0. The molecule has 0 radical (unpaired) electrons. The van der Waals surface area contributed by atoms with Gasteiger partial charge in [0.2, 0.25) is 0 Å². The maximum Gasteiger partial charge on any atom is 0.167 e. The molecule has 0 saturated carbocycles. The quantitative estimate of drug-likeness (QED) is 0.603. The van der Waals surface area contributed by atoms with Gasteiger partial charge in [0.1, 0.15) is 5.82 Å². The molecule has 0 bridgehead atoms. The Morgan fingerprint density at radius 1 is 1.08 bits per heavy atom. The highest BCUT2D eigenvalue weighted by molar-refractivity contribution is 6.17. The van der Waals surface area contributed by atoms with Crippen molar-refractivity contribution in [3.05, 3.63) is 35.6 Å². The fourth-order valence-corrected chi connectivity index (χ4v) is 1.12. The maximum absolute atomic E-state index is 13.1. The van der Waals surface area contributed by atoms with Crippen molar-refractivity contribution in [1.29, 1.82) is 0 Å². The summed E-state index contributed by atoms with van der Waals surface area (Å²) >= 11 is 0. The second-order valence-corrected chi connectivity index (χ2v) is 2.49. The molecule has 1 aliphatic heterocycles. The van der Waals surface area contributed by atoms with Crippen molar-refractivity contribution in [2.75, 3.05) is 0 Å². The van der Waals surface area contributed by atoms with Gasteiger partial charge in [0, 0.05) is 18.0 Å². The van der Waals surface area contributed by atoms with Crippen molar-refractivity contribution < 1.29 is 4.39 Å². The lowest BCUT2D eigenvalue weighted by atomic mass is 10.2. The standard InChI is InChI=1S/C9H7FN2/c10-8-4-2-1-3-7(8)9-11-5-6-12-9/h1-6,9H. The van der Waals surface area contributed by atoms with Crippen LogP contribution in [0.15, 0.2) is 34.3 Å². The van der Waals surface area contributed by atoms with Crippen LogP contribution in [0.1, 0.15) is 11.7 Å². The van der Waals surface area contributed by atoms with E-state index in [1.165, 1.54) is 6.07 Å². The van der Waals surface area contributed by atoms with E-state index in [1.54, 1.807) is 30.6 Å². The molecule has 0 N–H and O–H groups in total. The molecule has 1 heterocycles. The third kappa shape index (κ3) is 1.13. The van der Waals surface area contributed by atoms with Crippen LogP contribution in [0.3, 0.4) is 0 Å². The largest absolute Gasteiger partial charge is 0.260 e. The van der Waals surface area contributed by atoms with Gasteiger partial charge in [-0.05, 0) is 6.07 Å². The Balaban J connectivity index is 2.39. The Kier molecular flexibility index (Phi) is 1.70. The van der Waals surface area contributed by atoms with E-state index in [1.807, 2.05) is 0 Å². The lowest BCUT2D eigenvalue weighted by Gasteiger charge is -2.04. The van der Waals surface area contributed by atoms with E-state index < -0.39 is 0 Å². The molecule has 0 unspecified atom stereocenters. The third-order valence-electron chi connectivity index (χ3n) is 1.70. The molecule has 1 aromatic rings. The molecule has 3 heteroatoms. The summed E-state index contributed by atoms with van der Waals surface area (Å²) in [5, 5.41) is 0. The van der Waals surface area contributed by atoms with Crippen LogP contribution in [0.4, 0.5) is 4.39 Å². The molecular weight excluding hydrogens is 155 g/mol. The van der Waals surface area contributed by atoms with E-state index in [4.69, 9.17) is 0 Å². The van der Waals surface area contributed by atoms with Gasteiger partial charge in [-0.3, -0.25) is 9.98 Å². The highest BCUT2D eigenvalue weighted by Crippen LogP contribution is 2.22. The number of hydrogen-bond donors (Lipinski definition) is 0. The smallest absolute Gasteiger partial charge is 0.167 e. The highest BCUT2D eigenvalue weighted by atomic mass is 19.1. The van der Waals surface area contributed by atoms with Crippen LogP contribution in [0, 0.1) is 5.82 Å². The van der Waals surface area contributed by atoms with E-state index in [0.29, 0.717) is 5.56 Å². The SMILES string of the molecule is Fc1ccccc1C1N=CC=N1. The number of hydrogen-bond acceptors (Lipinski definition) is 2. The Hall–Kier alpha value is -1.51. The zero-order chi connectivity index (χ0) is 8.39. The lowest BCUT2D eigenvalue weighted by Crippen LogP contribution is -1.92. The summed E-state index contributed by atoms with van der Waals surface area (Å²) in [5.41, 5.74) is 0.530. The van der Waals surface area contributed by atoms with Crippen molar-refractivity contribution in [2.24, 2.45) is 9.98 Å². The van der Waals surface area contributed by atoms with Gasteiger partial charge < -0.3 is 0 Å². The minimum Gasteiger partial charge on any atom is -0.260 e. The molecule has 0 atom stereocenters. The average molecular weight is 162 g/mol. The second-order valence-electron chi connectivity index (χ2n) is 2.49. The molecule has 1 aromatic carbocycles. The number of rotatable bonds is 1. The molecular formula is C9H7FN2.